The number of thiazole rings is 1. The Kier molecular flexibility index (Phi) is 4.22. The van der Waals surface area contributed by atoms with Crippen molar-refractivity contribution in [3.63, 3.8) is 0 Å². The van der Waals surface area contributed by atoms with Gasteiger partial charge in [-0.05, 0) is 25.3 Å². The van der Waals surface area contributed by atoms with Crippen molar-refractivity contribution in [1.82, 2.24) is 18.9 Å². The van der Waals surface area contributed by atoms with Crippen LogP contribution in [0.4, 0.5) is 0 Å². The van der Waals surface area contributed by atoms with Gasteiger partial charge < -0.3 is 0 Å². The lowest BCUT2D eigenvalue weighted by atomic mass is 10.4. The molecule has 0 amide bonds. The SMILES string of the molecule is CCn1c(SCc2cc(=O)n3c(C)csc3n2)nc2ccsc2c1=O. The molecule has 4 aromatic rings. The van der Waals surface area contributed by atoms with E-state index in [4.69, 9.17) is 0 Å². The third-order valence-corrected chi connectivity index (χ3v) is 6.67. The number of hydrogen-bond donors (Lipinski definition) is 0. The number of fused-ring (bicyclic) bond motifs is 2. The molecule has 0 saturated heterocycles. The smallest absolute Gasteiger partial charge is 0.272 e. The lowest BCUT2D eigenvalue weighted by Gasteiger charge is -2.09. The molecule has 4 heterocycles. The minimum Gasteiger partial charge on any atom is -0.287 e. The van der Waals surface area contributed by atoms with Crippen molar-refractivity contribution in [3.05, 3.63) is 55.0 Å². The Labute approximate surface area is 154 Å². The largest absolute Gasteiger partial charge is 0.287 e. The van der Waals surface area contributed by atoms with E-state index in [1.54, 1.807) is 15.0 Å². The molecule has 0 aromatic carbocycles. The van der Waals surface area contributed by atoms with Crippen LogP contribution < -0.4 is 11.1 Å². The highest BCUT2D eigenvalue weighted by Crippen LogP contribution is 2.23. The first-order valence-corrected chi connectivity index (χ1v) is 10.4. The molecule has 0 bridgehead atoms. The zero-order chi connectivity index (χ0) is 17.6. The molecule has 0 saturated carbocycles. The van der Waals surface area contributed by atoms with Crippen LogP contribution >= 0.6 is 34.4 Å². The molecule has 4 aromatic heterocycles. The fourth-order valence-corrected chi connectivity index (χ4v) is 5.25. The summed E-state index contributed by atoms with van der Waals surface area (Å²) in [5.74, 6) is 0.491. The summed E-state index contributed by atoms with van der Waals surface area (Å²) in [6, 6.07) is 3.41. The maximum absolute atomic E-state index is 12.5. The van der Waals surface area contributed by atoms with Crippen molar-refractivity contribution in [2.75, 3.05) is 0 Å². The average molecular weight is 391 g/mol. The topological polar surface area (TPSA) is 69.3 Å². The van der Waals surface area contributed by atoms with Gasteiger partial charge >= 0.3 is 0 Å². The molecule has 0 aliphatic heterocycles. The van der Waals surface area contributed by atoms with E-state index < -0.39 is 0 Å². The van der Waals surface area contributed by atoms with Crippen LogP contribution in [-0.4, -0.2) is 18.9 Å². The molecule has 0 spiro atoms. The van der Waals surface area contributed by atoms with Crippen LogP contribution in [0.25, 0.3) is 15.2 Å². The van der Waals surface area contributed by atoms with Crippen LogP contribution in [0.15, 0.2) is 37.6 Å². The zero-order valence-corrected chi connectivity index (χ0v) is 16.0. The Morgan fingerprint density at radius 2 is 2.08 bits per heavy atom. The zero-order valence-electron chi connectivity index (χ0n) is 13.6. The van der Waals surface area contributed by atoms with Crippen LogP contribution in [0.5, 0.6) is 0 Å². The monoisotopic (exact) mass is 390 g/mol. The van der Waals surface area contributed by atoms with Crippen molar-refractivity contribution in [3.8, 4) is 0 Å². The van der Waals surface area contributed by atoms with Crippen molar-refractivity contribution in [1.29, 1.82) is 0 Å². The Hall–Kier alpha value is -1.97. The fraction of sp³-hybridized carbons (Fsp3) is 0.250. The number of nitrogens with zero attached hydrogens (tertiary/aromatic N) is 4. The number of rotatable bonds is 4. The molecule has 0 aliphatic carbocycles. The second kappa shape index (κ2) is 6.40. The summed E-state index contributed by atoms with van der Waals surface area (Å²) in [7, 11) is 0. The predicted molar refractivity (Wildman–Crippen MR) is 103 cm³/mol. The van der Waals surface area contributed by atoms with E-state index in [1.807, 2.05) is 30.7 Å². The van der Waals surface area contributed by atoms with Gasteiger partial charge in [0.15, 0.2) is 10.1 Å². The fourth-order valence-electron chi connectivity index (χ4n) is 2.63. The normalized spacial score (nSPS) is 11.6. The van der Waals surface area contributed by atoms with E-state index in [0.29, 0.717) is 32.8 Å². The van der Waals surface area contributed by atoms with Crippen LogP contribution in [0.3, 0.4) is 0 Å². The second-order valence-corrected chi connectivity index (χ2v) is 8.14. The summed E-state index contributed by atoms with van der Waals surface area (Å²) in [5.41, 5.74) is 2.22. The molecule has 4 rings (SSSR count). The van der Waals surface area contributed by atoms with Gasteiger partial charge in [-0.25, -0.2) is 9.97 Å². The second-order valence-electron chi connectivity index (χ2n) is 5.45. The molecule has 128 valence electrons. The summed E-state index contributed by atoms with van der Waals surface area (Å²) >= 11 is 4.29. The number of hydrogen-bond acceptors (Lipinski definition) is 7. The van der Waals surface area contributed by atoms with Gasteiger partial charge in [-0.1, -0.05) is 11.8 Å². The van der Waals surface area contributed by atoms with E-state index in [2.05, 4.69) is 9.97 Å². The van der Waals surface area contributed by atoms with E-state index in [-0.39, 0.29) is 11.1 Å². The predicted octanol–water partition coefficient (Wildman–Crippen LogP) is 3.15. The lowest BCUT2D eigenvalue weighted by Crippen LogP contribution is -2.21. The van der Waals surface area contributed by atoms with Gasteiger partial charge in [-0.15, -0.1) is 22.7 Å². The van der Waals surface area contributed by atoms with Crippen LogP contribution in [0.2, 0.25) is 0 Å². The first-order chi connectivity index (χ1) is 12.1. The average Bonchev–Trinajstić information content (AvgIpc) is 3.20. The van der Waals surface area contributed by atoms with Crippen molar-refractivity contribution in [2.24, 2.45) is 0 Å². The van der Waals surface area contributed by atoms with Crippen LogP contribution in [0.1, 0.15) is 18.3 Å². The number of aromatic nitrogens is 4. The molecule has 0 aliphatic rings. The number of aryl methyl sites for hydroxylation is 1. The van der Waals surface area contributed by atoms with E-state index in [1.165, 1.54) is 34.4 Å². The van der Waals surface area contributed by atoms with Gasteiger partial charge in [0.1, 0.15) is 4.70 Å². The van der Waals surface area contributed by atoms with Crippen LogP contribution in [-0.2, 0) is 12.3 Å². The van der Waals surface area contributed by atoms with Crippen molar-refractivity contribution >= 4 is 49.6 Å². The Morgan fingerprint density at radius 3 is 2.88 bits per heavy atom. The Balaban J connectivity index is 1.71. The first-order valence-electron chi connectivity index (χ1n) is 7.66. The van der Waals surface area contributed by atoms with Crippen molar-refractivity contribution in [2.45, 2.75) is 31.3 Å². The first kappa shape index (κ1) is 16.5. The summed E-state index contributed by atoms with van der Waals surface area (Å²) in [4.78, 5) is 34.6. The molecular formula is C16H14N4O2S3. The van der Waals surface area contributed by atoms with Gasteiger partial charge in [0.05, 0.1) is 11.2 Å². The van der Waals surface area contributed by atoms with Gasteiger partial charge in [-0.3, -0.25) is 18.6 Å². The van der Waals surface area contributed by atoms with Crippen molar-refractivity contribution < 1.29 is 0 Å². The molecule has 25 heavy (non-hydrogen) atoms. The van der Waals surface area contributed by atoms with E-state index in [0.717, 1.165) is 11.2 Å². The highest BCUT2D eigenvalue weighted by molar-refractivity contribution is 7.98. The van der Waals surface area contributed by atoms with Gasteiger partial charge in [0.2, 0.25) is 0 Å². The van der Waals surface area contributed by atoms with E-state index in [9.17, 15) is 9.59 Å². The molecule has 6 nitrogen and oxygen atoms in total. The van der Waals surface area contributed by atoms with Gasteiger partial charge in [0.25, 0.3) is 11.1 Å². The maximum atomic E-state index is 12.5. The third-order valence-electron chi connectivity index (χ3n) is 3.82. The van der Waals surface area contributed by atoms with Gasteiger partial charge in [0, 0.05) is 29.4 Å². The summed E-state index contributed by atoms with van der Waals surface area (Å²) in [6.45, 7) is 4.37. The van der Waals surface area contributed by atoms with E-state index >= 15 is 0 Å². The molecule has 0 atom stereocenters. The lowest BCUT2D eigenvalue weighted by molar-refractivity contribution is 0.635. The molecule has 0 fully saturated rings. The molecule has 0 radical (unpaired) electrons. The van der Waals surface area contributed by atoms with Crippen LogP contribution in [0, 0.1) is 6.92 Å². The molecule has 9 heteroatoms. The van der Waals surface area contributed by atoms with Gasteiger partial charge in [-0.2, -0.15) is 0 Å². The molecule has 0 N–H and O–H groups in total. The molecular weight excluding hydrogens is 376 g/mol. The standard InChI is InChI=1S/C16H14N4O2S3/c1-3-19-14(22)13-11(4-5-23-13)18-15(19)25-8-10-6-12(21)20-9(2)7-24-16(20)17-10/h4-7H,3,8H2,1-2H3. The Bertz CT molecular complexity index is 1200. The quantitative estimate of drug-likeness (QED) is 0.395. The number of thioether (sulfide) groups is 1. The minimum atomic E-state index is -0.0755. The minimum absolute atomic E-state index is 0.0117. The highest BCUT2D eigenvalue weighted by Gasteiger charge is 2.13. The highest BCUT2D eigenvalue weighted by atomic mass is 32.2. The Morgan fingerprint density at radius 1 is 1.24 bits per heavy atom. The third kappa shape index (κ3) is 2.82. The summed E-state index contributed by atoms with van der Waals surface area (Å²) in [6.07, 6.45) is 0. The summed E-state index contributed by atoms with van der Waals surface area (Å²) < 4.78 is 3.96. The number of thiophene rings is 1. The molecule has 0 unspecified atom stereocenters. The maximum Gasteiger partial charge on any atom is 0.272 e. The summed E-state index contributed by atoms with van der Waals surface area (Å²) in [5, 5.41) is 4.45.